The molecule has 2 N–H and O–H groups in total. The Balaban J connectivity index is 3.29. The maximum absolute atomic E-state index is 10.4. The molecule has 0 amide bonds. The van der Waals surface area contributed by atoms with Crippen molar-refractivity contribution < 1.29 is 4.21 Å². The van der Waals surface area contributed by atoms with Crippen molar-refractivity contribution in [1.29, 1.82) is 0 Å². The molecular formula is C7H17NOS. The summed E-state index contributed by atoms with van der Waals surface area (Å²) in [5.74, 6) is 0.636. The SMILES string of the molecule is CC(C)(C)CCCS(N)=O. The summed E-state index contributed by atoms with van der Waals surface area (Å²) in [7, 11) is -1.10. The van der Waals surface area contributed by atoms with Crippen LogP contribution in [-0.4, -0.2) is 9.96 Å². The van der Waals surface area contributed by atoms with E-state index in [0.717, 1.165) is 12.8 Å². The highest BCUT2D eigenvalue weighted by molar-refractivity contribution is 7.82. The van der Waals surface area contributed by atoms with Crippen LogP contribution >= 0.6 is 0 Å². The largest absolute Gasteiger partial charge is 0.252 e. The first-order valence-electron chi connectivity index (χ1n) is 3.54. The molecule has 0 heterocycles. The lowest BCUT2D eigenvalue weighted by molar-refractivity contribution is 0.374. The molecule has 0 bridgehead atoms. The van der Waals surface area contributed by atoms with Crippen molar-refractivity contribution in [3.05, 3.63) is 0 Å². The van der Waals surface area contributed by atoms with Crippen LogP contribution in [0.5, 0.6) is 0 Å². The van der Waals surface area contributed by atoms with E-state index in [4.69, 9.17) is 5.14 Å². The minimum atomic E-state index is -1.10. The summed E-state index contributed by atoms with van der Waals surface area (Å²) in [5.41, 5.74) is 0.347. The van der Waals surface area contributed by atoms with Gasteiger partial charge < -0.3 is 0 Å². The van der Waals surface area contributed by atoms with Crippen molar-refractivity contribution in [1.82, 2.24) is 0 Å². The molecular weight excluding hydrogens is 146 g/mol. The van der Waals surface area contributed by atoms with Crippen LogP contribution in [0.1, 0.15) is 33.6 Å². The molecule has 1 unspecified atom stereocenters. The van der Waals surface area contributed by atoms with Crippen LogP contribution in [0.3, 0.4) is 0 Å². The van der Waals surface area contributed by atoms with Gasteiger partial charge in [0.15, 0.2) is 0 Å². The maximum Gasteiger partial charge on any atom is 0.0887 e. The molecule has 0 rings (SSSR count). The second kappa shape index (κ2) is 4.09. The molecule has 0 saturated heterocycles. The van der Waals surface area contributed by atoms with Gasteiger partial charge in [0.05, 0.1) is 11.0 Å². The Morgan fingerprint density at radius 3 is 2.20 bits per heavy atom. The molecule has 62 valence electrons. The molecule has 10 heavy (non-hydrogen) atoms. The van der Waals surface area contributed by atoms with E-state index < -0.39 is 11.0 Å². The van der Waals surface area contributed by atoms with Gasteiger partial charge in [-0.05, 0) is 18.3 Å². The van der Waals surface area contributed by atoms with E-state index in [0.29, 0.717) is 11.2 Å². The molecule has 0 spiro atoms. The molecule has 0 aliphatic carbocycles. The molecule has 0 aromatic rings. The maximum atomic E-state index is 10.4. The lowest BCUT2D eigenvalue weighted by atomic mass is 9.91. The fourth-order valence-electron chi connectivity index (χ4n) is 0.745. The summed E-state index contributed by atoms with van der Waals surface area (Å²) < 4.78 is 10.4. The van der Waals surface area contributed by atoms with Gasteiger partial charge in [-0.3, -0.25) is 5.14 Å². The quantitative estimate of drug-likeness (QED) is 0.672. The Hall–Kier alpha value is 0.110. The van der Waals surface area contributed by atoms with Crippen molar-refractivity contribution >= 4 is 11.0 Å². The van der Waals surface area contributed by atoms with Gasteiger partial charge in [0, 0.05) is 5.75 Å². The predicted molar refractivity (Wildman–Crippen MR) is 45.9 cm³/mol. The van der Waals surface area contributed by atoms with E-state index in [1.165, 1.54) is 0 Å². The summed E-state index contributed by atoms with van der Waals surface area (Å²) in [5, 5.41) is 5.09. The van der Waals surface area contributed by atoms with Crippen LogP contribution in [0.25, 0.3) is 0 Å². The Morgan fingerprint density at radius 1 is 1.40 bits per heavy atom. The predicted octanol–water partition coefficient (Wildman–Crippen LogP) is 1.44. The highest BCUT2D eigenvalue weighted by Crippen LogP contribution is 2.20. The van der Waals surface area contributed by atoms with Gasteiger partial charge >= 0.3 is 0 Å². The lowest BCUT2D eigenvalue weighted by Gasteiger charge is -2.16. The molecule has 0 aromatic carbocycles. The zero-order chi connectivity index (χ0) is 8.20. The van der Waals surface area contributed by atoms with Crippen LogP contribution in [0.15, 0.2) is 0 Å². The second-order valence-corrected chi connectivity index (χ2v) is 4.92. The highest BCUT2D eigenvalue weighted by Gasteiger charge is 2.09. The fraction of sp³-hybridized carbons (Fsp3) is 1.00. The summed E-state index contributed by atoms with van der Waals surface area (Å²) in [4.78, 5) is 0. The van der Waals surface area contributed by atoms with Crippen molar-refractivity contribution in [2.24, 2.45) is 10.6 Å². The van der Waals surface area contributed by atoms with E-state index in [9.17, 15) is 4.21 Å². The van der Waals surface area contributed by atoms with Gasteiger partial charge in [0.2, 0.25) is 0 Å². The molecule has 0 radical (unpaired) electrons. The summed E-state index contributed by atoms with van der Waals surface area (Å²) in [6.07, 6.45) is 2.06. The minimum Gasteiger partial charge on any atom is -0.252 e. The molecule has 0 aliphatic rings. The first-order valence-corrected chi connectivity index (χ1v) is 4.93. The van der Waals surface area contributed by atoms with Crippen molar-refractivity contribution in [2.75, 3.05) is 5.75 Å². The van der Waals surface area contributed by atoms with E-state index in [1.807, 2.05) is 0 Å². The Bertz CT molecular complexity index is 117. The Labute approximate surface area is 65.8 Å². The zero-order valence-electron chi connectivity index (χ0n) is 7.02. The average molecular weight is 163 g/mol. The van der Waals surface area contributed by atoms with E-state index >= 15 is 0 Å². The van der Waals surface area contributed by atoms with Gasteiger partial charge in [-0.15, -0.1) is 0 Å². The monoisotopic (exact) mass is 163 g/mol. The molecule has 0 fully saturated rings. The van der Waals surface area contributed by atoms with Crippen LogP contribution in [-0.2, 0) is 11.0 Å². The van der Waals surface area contributed by atoms with E-state index in [1.54, 1.807) is 0 Å². The minimum absolute atomic E-state index is 0.347. The number of hydrogen-bond donors (Lipinski definition) is 1. The number of hydrogen-bond acceptors (Lipinski definition) is 1. The molecule has 0 aliphatic heterocycles. The van der Waals surface area contributed by atoms with E-state index in [2.05, 4.69) is 20.8 Å². The average Bonchev–Trinajstić information content (AvgIpc) is 1.59. The van der Waals surface area contributed by atoms with Crippen molar-refractivity contribution in [3.63, 3.8) is 0 Å². The third-order valence-corrected chi connectivity index (χ3v) is 1.96. The molecule has 1 atom stereocenters. The summed E-state index contributed by atoms with van der Waals surface area (Å²) in [6, 6.07) is 0. The first-order chi connectivity index (χ1) is 4.42. The topological polar surface area (TPSA) is 43.1 Å². The molecule has 0 aromatic heterocycles. The molecule has 0 saturated carbocycles. The van der Waals surface area contributed by atoms with Crippen LogP contribution in [0, 0.1) is 5.41 Å². The first kappa shape index (κ1) is 10.1. The smallest absolute Gasteiger partial charge is 0.0887 e. The van der Waals surface area contributed by atoms with Gasteiger partial charge in [-0.25, -0.2) is 4.21 Å². The Kier molecular flexibility index (Phi) is 4.13. The van der Waals surface area contributed by atoms with Gasteiger partial charge in [-0.1, -0.05) is 20.8 Å². The standard InChI is InChI=1S/C7H17NOS/c1-7(2,3)5-4-6-10(8)9/h4-6,8H2,1-3H3. The highest BCUT2D eigenvalue weighted by atomic mass is 32.2. The third kappa shape index (κ3) is 8.11. The van der Waals surface area contributed by atoms with E-state index in [-0.39, 0.29) is 0 Å². The van der Waals surface area contributed by atoms with Crippen LogP contribution < -0.4 is 5.14 Å². The summed E-state index contributed by atoms with van der Waals surface area (Å²) in [6.45, 7) is 6.52. The number of rotatable bonds is 3. The van der Waals surface area contributed by atoms with Crippen LogP contribution in [0.4, 0.5) is 0 Å². The lowest BCUT2D eigenvalue weighted by Crippen LogP contribution is -2.11. The third-order valence-electron chi connectivity index (χ3n) is 1.27. The second-order valence-electron chi connectivity index (χ2n) is 3.75. The Morgan fingerprint density at radius 2 is 1.90 bits per heavy atom. The van der Waals surface area contributed by atoms with Gasteiger partial charge in [-0.2, -0.15) is 0 Å². The molecule has 2 nitrogen and oxygen atoms in total. The fourth-order valence-corrected chi connectivity index (χ4v) is 1.17. The van der Waals surface area contributed by atoms with Gasteiger partial charge in [0.25, 0.3) is 0 Å². The van der Waals surface area contributed by atoms with Gasteiger partial charge in [0.1, 0.15) is 0 Å². The van der Waals surface area contributed by atoms with Crippen molar-refractivity contribution in [2.45, 2.75) is 33.6 Å². The normalized spacial score (nSPS) is 15.2. The van der Waals surface area contributed by atoms with Crippen LogP contribution in [0.2, 0.25) is 0 Å². The molecule has 3 heteroatoms. The zero-order valence-corrected chi connectivity index (χ0v) is 7.83. The van der Waals surface area contributed by atoms with Crippen molar-refractivity contribution in [3.8, 4) is 0 Å². The number of nitrogens with two attached hydrogens (primary N) is 1. The summed E-state index contributed by atoms with van der Waals surface area (Å²) >= 11 is 0.